The molecule has 0 radical (unpaired) electrons. The van der Waals surface area contributed by atoms with Crippen LogP contribution in [0.5, 0.6) is 34.5 Å². The van der Waals surface area contributed by atoms with Crippen LogP contribution in [0.4, 0.5) is 4.39 Å². The minimum atomic E-state index is -0.670. The van der Waals surface area contributed by atoms with Crippen molar-refractivity contribution in [2.24, 2.45) is 11.8 Å². The van der Waals surface area contributed by atoms with Crippen LogP contribution in [0.3, 0.4) is 0 Å². The van der Waals surface area contributed by atoms with Crippen LogP contribution in [0, 0.1) is 17.7 Å². The highest BCUT2D eigenvalue weighted by atomic mass is 19.1. The molecule has 13 nitrogen and oxygen atoms in total. The van der Waals surface area contributed by atoms with Crippen LogP contribution in [0.25, 0.3) is 0 Å². The maximum atomic E-state index is 14.2. The Morgan fingerprint density at radius 1 is 0.936 bits per heavy atom. The van der Waals surface area contributed by atoms with E-state index in [1.165, 1.54) is 51.5 Å². The minimum absolute atomic E-state index is 0.0419. The van der Waals surface area contributed by atoms with Crippen molar-refractivity contribution in [3.63, 3.8) is 0 Å². The number of fused-ring (bicyclic) bond motifs is 3. The van der Waals surface area contributed by atoms with Crippen LogP contribution < -0.4 is 33.7 Å². The Balaban J connectivity index is 1.25. The molecule has 2 aliphatic heterocycles. The summed E-state index contributed by atoms with van der Waals surface area (Å²) in [5, 5.41) is 11.2. The zero-order chi connectivity index (χ0) is 32.8. The molecule has 1 amide bonds. The number of methoxy groups -OCH3 is 4. The molecule has 0 spiro atoms. The molecule has 4 atom stereocenters. The number of aromatic nitrogens is 3. The number of hydrogen-bond donors (Lipinski definition) is 1. The van der Waals surface area contributed by atoms with Gasteiger partial charge in [-0.15, -0.1) is 5.10 Å². The first-order valence-electron chi connectivity index (χ1n) is 14.8. The SMILES string of the molecule is COc1ccc(Cn2cc(C(=O)N[C@@H]3c4cc5c(cc4[C@@H](c4cc(OC)c(OC)c(OC)c4)[C@H]4C(=O)OC[C@@H]43)OCO5)nn2)cc1F. The van der Waals surface area contributed by atoms with Gasteiger partial charge in [0, 0.05) is 11.8 Å². The van der Waals surface area contributed by atoms with Gasteiger partial charge in [0.05, 0.1) is 59.7 Å². The fraction of sp³-hybridized carbons (Fsp3) is 0.333. The van der Waals surface area contributed by atoms with E-state index in [2.05, 4.69) is 15.6 Å². The molecule has 1 saturated heterocycles. The van der Waals surface area contributed by atoms with Gasteiger partial charge in [-0.05, 0) is 58.7 Å². The lowest BCUT2D eigenvalue weighted by atomic mass is 9.65. The fourth-order valence-corrected chi connectivity index (χ4v) is 6.72. The number of esters is 1. The van der Waals surface area contributed by atoms with E-state index < -0.39 is 41.5 Å². The molecule has 47 heavy (non-hydrogen) atoms. The van der Waals surface area contributed by atoms with Crippen LogP contribution in [0.15, 0.2) is 48.7 Å². The topological polar surface area (TPSA) is 141 Å². The van der Waals surface area contributed by atoms with Gasteiger partial charge in [-0.1, -0.05) is 11.3 Å². The number of benzene rings is 3. The quantitative estimate of drug-likeness (QED) is 0.267. The van der Waals surface area contributed by atoms with E-state index in [0.717, 1.165) is 16.7 Å². The summed E-state index contributed by atoms with van der Waals surface area (Å²) in [5.74, 6) is -0.571. The van der Waals surface area contributed by atoms with Gasteiger partial charge >= 0.3 is 5.97 Å². The van der Waals surface area contributed by atoms with Gasteiger partial charge in [0.15, 0.2) is 40.3 Å². The van der Waals surface area contributed by atoms with Crippen molar-refractivity contribution in [1.29, 1.82) is 0 Å². The Kier molecular flexibility index (Phi) is 7.70. The molecule has 244 valence electrons. The second kappa shape index (κ2) is 12.0. The molecule has 7 rings (SSSR count). The van der Waals surface area contributed by atoms with Gasteiger partial charge in [-0.25, -0.2) is 9.07 Å². The Morgan fingerprint density at radius 3 is 2.30 bits per heavy atom. The maximum absolute atomic E-state index is 14.2. The van der Waals surface area contributed by atoms with Crippen molar-refractivity contribution in [2.45, 2.75) is 18.5 Å². The van der Waals surface area contributed by atoms with Crippen LogP contribution in [0.1, 0.15) is 44.7 Å². The highest BCUT2D eigenvalue weighted by Crippen LogP contribution is 2.55. The van der Waals surface area contributed by atoms with Crippen molar-refractivity contribution in [1.82, 2.24) is 20.3 Å². The molecule has 1 fully saturated rings. The van der Waals surface area contributed by atoms with Gasteiger partial charge in [0.2, 0.25) is 12.5 Å². The summed E-state index contributed by atoms with van der Waals surface area (Å²) in [7, 11) is 5.96. The van der Waals surface area contributed by atoms with Crippen molar-refractivity contribution >= 4 is 11.9 Å². The first kappa shape index (κ1) is 30.1. The number of nitrogens with one attached hydrogen (secondary N) is 1. The molecule has 3 heterocycles. The Bertz CT molecular complexity index is 1850. The molecule has 14 heteroatoms. The molecule has 1 aromatic heterocycles. The van der Waals surface area contributed by atoms with Crippen LogP contribution in [-0.4, -0.2) is 68.7 Å². The van der Waals surface area contributed by atoms with Gasteiger partial charge < -0.3 is 38.5 Å². The van der Waals surface area contributed by atoms with Crippen molar-refractivity contribution < 1.29 is 47.1 Å². The second-order valence-electron chi connectivity index (χ2n) is 11.3. The molecule has 0 unspecified atom stereocenters. The number of halogens is 1. The van der Waals surface area contributed by atoms with E-state index >= 15 is 0 Å². The second-order valence-corrected chi connectivity index (χ2v) is 11.3. The summed E-state index contributed by atoms with van der Waals surface area (Å²) < 4.78 is 54.5. The zero-order valence-electron chi connectivity index (χ0n) is 25.9. The van der Waals surface area contributed by atoms with E-state index in [9.17, 15) is 14.0 Å². The lowest BCUT2D eigenvalue weighted by Gasteiger charge is -2.39. The monoisotopic (exact) mass is 646 g/mol. The number of hydrogen-bond acceptors (Lipinski definition) is 11. The molecule has 0 bridgehead atoms. The van der Waals surface area contributed by atoms with Gasteiger partial charge in [0.25, 0.3) is 5.91 Å². The third-order valence-corrected chi connectivity index (χ3v) is 8.85. The average Bonchev–Trinajstić information content (AvgIpc) is 3.83. The number of ether oxygens (including phenoxy) is 7. The fourth-order valence-electron chi connectivity index (χ4n) is 6.72. The summed E-state index contributed by atoms with van der Waals surface area (Å²) in [5.41, 5.74) is 2.88. The van der Waals surface area contributed by atoms with Crippen molar-refractivity contribution in [3.05, 3.63) is 82.4 Å². The number of amides is 1. The van der Waals surface area contributed by atoms with Gasteiger partial charge in [0.1, 0.15) is 0 Å². The largest absolute Gasteiger partial charge is 0.494 e. The summed E-state index contributed by atoms with van der Waals surface area (Å²) in [4.78, 5) is 27.2. The number of carbonyl (C=O) groups excluding carboxylic acids is 2. The molecule has 4 aromatic rings. The molecule has 1 N–H and O–H groups in total. The van der Waals surface area contributed by atoms with Crippen LogP contribution in [-0.2, 0) is 16.1 Å². The normalized spacial score (nSPS) is 20.6. The molecular formula is C33H31FN4O9. The third-order valence-electron chi connectivity index (χ3n) is 8.85. The summed E-state index contributed by atoms with van der Waals surface area (Å²) in [6.45, 7) is 0.305. The van der Waals surface area contributed by atoms with Gasteiger partial charge in [-0.3, -0.25) is 9.59 Å². The van der Waals surface area contributed by atoms with E-state index in [0.29, 0.717) is 34.3 Å². The van der Waals surface area contributed by atoms with Crippen LogP contribution >= 0.6 is 0 Å². The number of carbonyl (C=O) groups is 2. The van der Waals surface area contributed by atoms with Gasteiger partial charge in [-0.2, -0.15) is 0 Å². The highest BCUT2D eigenvalue weighted by Gasteiger charge is 2.53. The van der Waals surface area contributed by atoms with E-state index in [4.69, 9.17) is 33.2 Å². The van der Waals surface area contributed by atoms with E-state index in [1.807, 2.05) is 24.3 Å². The molecular weight excluding hydrogens is 615 g/mol. The highest BCUT2D eigenvalue weighted by molar-refractivity contribution is 5.92. The van der Waals surface area contributed by atoms with E-state index in [-0.39, 0.29) is 31.4 Å². The van der Waals surface area contributed by atoms with Crippen molar-refractivity contribution in [3.8, 4) is 34.5 Å². The lowest BCUT2D eigenvalue weighted by molar-refractivity contribution is -0.141. The Morgan fingerprint density at radius 2 is 1.64 bits per heavy atom. The number of rotatable bonds is 9. The predicted octanol–water partition coefficient (Wildman–Crippen LogP) is 3.63. The molecule has 0 saturated carbocycles. The Labute approximate surface area is 268 Å². The number of cyclic esters (lactones) is 1. The molecule has 1 aliphatic carbocycles. The average molecular weight is 647 g/mol. The first-order valence-corrected chi connectivity index (χ1v) is 14.8. The third kappa shape index (κ3) is 5.19. The minimum Gasteiger partial charge on any atom is -0.494 e. The summed E-state index contributed by atoms with van der Waals surface area (Å²) >= 11 is 0. The predicted molar refractivity (Wildman–Crippen MR) is 161 cm³/mol. The Hall–Kier alpha value is -5.53. The summed E-state index contributed by atoms with van der Waals surface area (Å²) in [6.07, 6.45) is 1.48. The van der Waals surface area contributed by atoms with E-state index in [1.54, 1.807) is 6.07 Å². The number of nitrogens with zero attached hydrogens (tertiary/aromatic N) is 3. The lowest BCUT2D eigenvalue weighted by Crippen LogP contribution is -2.43. The maximum Gasteiger partial charge on any atom is 0.310 e. The smallest absolute Gasteiger partial charge is 0.310 e. The first-order chi connectivity index (χ1) is 22.8. The van der Waals surface area contributed by atoms with Crippen molar-refractivity contribution in [2.75, 3.05) is 41.8 Å². The van der Waals surface area contributed by atoms with Crippen LogP contribution in [0.2, 0.25) is 0 Å². The standard InChI is InChI=1S/C33H31FN4O9/c1-41-23-6-5-16(7-21(23)34)12-38-13-22(36-37-38)32(39)35-30-19-11-25-24(46-15-47-25)10-18(19)28(29-20(30)14-45-33(29)40)17-8-26(42-2)31(44-4)27(9-17)43-3/h5-11,13,20,28-30H,12,14-15H2,1-4H3,(H,35,39)/t20-,28+,29-,30+/m0/s1. The molecule has 3 aliphatic rings. The summed E-state index contributed by atoms with van der Waals surface area (Å²) in [6, 6.07) is 11.2. The zero-order valence-corrected chi connectivity index (χ0v) is 25.9. The molecule has 3 aromatic carbocycles.